The van der Waals surface area contributed by atoms with Crippen molar-refractivity contribution in [3.8, 4) is 0 Å². The van der Waals surface area contributed by atoms with Crippen LogP contribution in [0.25, 0.3) is 0 Å². The van der Waals surface area contributed by atoms with Crippen LogP contribution in [-0.4, -0.2) is 6.71 Å². The highest BCUT2D eigenvalue weighted by atomic mass is 15.2. The summed E-state index contributed by atoms with van der Waals surface area (Å²) in [4.78, 5) is 5.16. The summed E-state index contributed by atoms with van der Waals surface area (Å²) < 4.78 is 0. The van der Waals surface area contributed by atoms with Crippen LogP contribution >= 0.6 is 0 Å². The molecule has 0 atom stereocenters. The van der Waals surface area contributed by atoms with Crippen LogP contribution in [0.15, 0.2) is 103 Å². The van der Waals surface area contributed by atoms with Gasteiger partial charge >= 0.3 is 0 Å². The van der Waals surface area contributed by atoms with Crippen molar-refractivity contribution in [1.82, 2.24) is 0 Å². The lowest BCUT2D eigenvalue weighted by atomic mass is 9.33. The van der Waals surface area contributed by atoms with Crippen molar-refractivity contribution >= 4 is 57.2 Å². The molecule has 2 heterocycles. The van der Waals surface area contributed by atoms with Crippen LogP contribution in [0, 0.1) is 0 Å². The average molecular weight is 500 g/mol. The first-order valence-electron chi connectivity index (χ1n) is 14.5. The number of benzene rings is 5. The molecule has 39 heavy (non-hydrogen) atoms. The van der Waals surface area contributed by atoms with Crippen LogP contribution in [0.5, 0.6) is 0 Å². The molecule has 2 aliphatic carbocycles. The molecule has 0 bridgehead atoms. The Balaban J connectivity index is 1.41. The Morgan fingerprint density at radius 1 is 0.462 bits per heavy atom. The molecule has 0 unspecified atom stereocenters. The molecule has 5 aromatic carbocycles. The van der Waals surface area contributed by atoms with Crippen LogP contribution < -0.4 is 26.2 Å². The van der Waals surface area contributed by atoms with Crippen LogP contribution in [-0.2, 0) is 25.7 Å². The molecule has 2 nitrogen and oxygen atoms in total. The molecule has 0 N–H and O–H groups in total. The molecule has 0 fully saturated rings. The van der Waals surface area contributed by atoms with Crippen molar-refractivity contribution in [2.75, 3.05) is 9.80 Å². The van der Waals surface area contributed by atoms with E-state index in [1.165, 1.54) is 87.3 Å². The van der Waals surface area contributed by atoms with E-state index in [1.807, 2.05) is 0 Å². The van der Waals surface area contributed by atoms with Crippen molar-refractivity contribution in [2.24, 2.45) is 0 Å². The standard InChI is InChI=1S/C36H29BN2/c1-3-12-26(13-4-1)38-32-18-9-19-33-34(32)37(30-22-20-24-10-7-16-28(24)35(30)38)31-23-21-25-11-8-17-29(25)36(31)39(33)27-14-5-2-6-15-27/h1-6,9,12-15,18-23H,7-8,10-11,16-17H2. The monoisotopic (exact) mass is 500 g/mol. The molecular formula is C36H29BN2. The fourth-order valence-electron chi connectivity index (χ4n) is 7.96. The summed E-state index contributed by atoms with van der Waals surface area (Å²) in [5.41, 5.74) is 18.5. The van der Waals surface area contributed by atoms with Crippen LogP contribution in [0.2, 0.25) is 0 Å². The van der Waals surface area contributed by atoms with Gasteiger partial charge in [-0.3, -0.25) is 0 Å². The number of rotatable bonds is 2. The summed E-state index contributed by atoms with van der Waals surface area (Å²) in [6, 6.07) is 38.9. The summed E-state index contributed by atoms with van der Waals surface area (Å²) >= 11 is 0. The van der Waals surface area contributed by atoms with Gasteiger partial charge in [-0.1, -0.05) is 66.7 Å². The molecule has 0 radical (unpaired) electrons. The smallest absolute Gasteiger partial charge is 0.252 e. The quantitative estimate of drug-likeness (QED) is 0.243. The largest absolute Gasteiger partial charge is 0.311 e. The average Bonchev–Trinajstić information content (AvgIpc) is 3.68. The Bertz CT molecular complexity index is 1650. The van der Waals surface area contributed by atoms with Gasteiger partial charge in [-0.15, -0.1) is 0 Å². The van der Waals surface area contributed by atoms with E-state index in [1.54, 1.807) is 11.1 Å². The normalized spacial score (nSPS) is 15.9. The highest BCUT2D eigenvalue weighted by Gasteiger charge is 2.45. The molecule has 0 saturated carbocycles. The third kappa shape index (κ3) is 2.93. The molecule has 2 aliphatic heterocycles. The maximum absolute atomic E-state index is 2.58. The predicted octanol–water partition coefficient (Wildman–Crippen LogP) is 6.75. The number of hydrogen-bond donors (Lipinski definition) is 0. The minimum Gasteiger partial charge on any atom is -0.311 e. The number of hydrogen-bond acceptors (Lipinski definition) is 2. The Morgan fingerprint density at radius 3 is 1.44 bits per heavy atom. The summed E-state index contributed by atoms with van der Waals surface area (Å²) in [5, 5.41) is 0. The van der Waals surface area contributed by atoms with E-state index in [-0.39, 0.29) is 6.71 Å². The van der Waals surface area contributed by atoms with Crippen molar-refractivity contribution < 1.29 is 0 Å². The van der Waals surface area contributed by atoms with Crippen molar-refractivity contribution in [2.45, 2.75) is 38.5 Å². The third-order valence-electron chi connectivity index (χ3n) is 9.50. The van der Waals surface area contributed by atoms with Gasteiger partial charge < -0.3 is 9.80 Å². The van der Waals surface area contributed by atoms with Gasteiger partial charge in [-0.2, -0.15) is 0 Å². The molecule has 5 aromatic rings. The van der Waals surface area contributed by atoms with Gasteiger partial charge in [0.25, 0.3) is 6.71 Å². The molecule has 186 valence electrons. The van der Waals surface area contributed by atoms with Crippen LogP contribution in [0.4, 0.5) is 34.1 Å². The fraction of sp³-hybridized carbons (Fsp3) is 0.167. The molecular weight excluding hydrogens is 471 g/mol. The van der Waals surface area contributed by atoms with Gasteiger partial charge in [0.15, 0.2) is 0 Å². The molecule has 3 heteroatoms. The van der Waals surface area contributed by atoms with E-state index in [0.717, 1.165) is 12.8 Å². The maximum atomic E-state index is 2.58. The third-order valence-corrected chi connectivity index (χ3v) is 9.50. The van der Waals surface area contributed by atoms with Crippen molar-refractivity contribution in [3.63, 3.8) is 0 Å². The van der Waals surface area contributed by atoms with E-state index in [4.69, 9.17) is 0 Å². The predicted molar refractivity (Wildman–Crippen MR) is 165 cm³/mol. The molecule has 0 saturated heterocycles. The van der Waals surface area contributed by atoms with E-state index >= 15 is 0 Å². The number of para-hydroxylation sites is 2. The van der Waals surface area contributed by atoms with Gasteiger partial charge in [0.05, 0.1) is 0 Å². The zero-order valence-corrected chi connectivity index (χ0v) is 22.0. The Morgan fingerprint density at radius 2 is 0.949 bits per heavy atom. The lowest BCUT2D eigenvalue weighted by molar-refractivity contribution is 0.911. The Kier molecular flexibility index (Phi) is 4.52. The number of aryl methyl sites for hydroxylation is 2. The highest BCUT2D eigenvalue weighted by molar-refractivity contribution is 7.00. The summed E-state index contributed by atoms with van der Waals surface area (Å²) in [6.45, 7) is 0.234. The minimum atomic E-state index is 0.234. The van der Waals surface area contributed by atoms with Crippen LogP contribution in [0.3, 0.4) is 0 Å². The van der Waals surface area contributed by atoms with Crippen LogP contribution in [0.1, 0.15) is 35.1 Å². The molecule has 4 aliphatic rings. The zero-order chi connectivity index (χ0) is 25.5. The Hall–Kier alpha value is -4.24. The van der Waals surface area contributed by atoms with Gasteiger partial charge in [0.1, 0.15) is 0 Å². The van der Waals surface area contributed by atoms with Gasteiger partial charge in [0, 0.05) is 34.1 Å². The second-order valence-electron chi connectivity index (χ2n) is 11.5. The zero-order valence-electron chi connectivity index (χ0n) is 22.0. The van der Waals surface area contributed by atoms with E-state index in [2.05, 4.69) is 113 Å². The Labute approximate surface area is 230 Å². The van der Waals surface area contributed by atoms with Crippen molar-refractivity contribution in [3.05, 3.63) is 125 Å². The summed E-state index contributed by atoms with van der Waals surface area (Å²) in [5.74, 6) is 0. The molecule has 0 aromatic heterocycles. The summed E-state index contributed by atoms with van der Waals surface area (Å²) in [7, 11) is 0. The second kappa shape index (κ2) is 8.13. The van der Waals surface area contributed by atoms with Gasteiger partial charge in [0.2, 0.25) is 0 Å². The lowest BCUT2D eigenvalue weighted by Gasteiger charge is -2.45. The maximum Gasteiger partial charge on any atom is 0.252 e. The molecule has 0 amide bonds. The first kappa shape index (κ1) is 21.7. The first-order chi connectivity index (χ1) is 19.4. The van der Waals surface area contributed by atoms with Gasteiger partial charge in [-0.25, -0.2) is 0 Å². The van der Waals surface area contributed by atoms with E-state index < -0.39 is 0 Å². The van der Waals surface area contributed by atoms with Crippen molar-refractivity contribution in [1.29, 1.82) is 0 Å². The number of fused-ring (bicyclic) bond motifs is 8. The van der Waals surface area contributed by atoms with E-state index in [0.29, 0.717) is 0 Å². The molecule has 9 rings (SSSR count). The minimum absolute atomic E-state index is 0.234. The number of nitrogens with zero attached hydrogens (tertiary/aromatic N) is 2. The fourth-order valence-corrected chi connectivity index (χ4v) is 7.96. The first-order valence-corrected chi connectivity index (χ1v) is 14.5. The second-order valence-corrected chi connectivity index (χ2v) is 11.5. The molecule has 0 spiro atoms. The number of anilines is 6. The SMILES string of the molecule is c1ccc(N2c3cccc4c3B(c3ccc5c(c32)CCC5)c2ccc3c(c2N4c2ccccc2)CCC3)cc1. The van der Waals surface area contributed by atoms with E-state index in [9.17, 15) is 0 Å². The topological polar surface area (TPSA) is 6.48 Å². The lowest BCUT2D eigenvalue weighted by Crippen LogP contribution is -2.61. The highest BCUT2D eigenvalue weighted by Crippen LogP contribution is 2.47. The summed E-state index contributed by atoms with van der Waals surface area (Å²) in [6.07, 6.45) is 7.20. The van der Waals surface area contributed by atoms with Gasteiger partial charge in [-0.05, 0) is 114 Å².